The number of phenols is 1. The van der Waals surface area contributed by atoms with Crippen molar-refractivity contribution in [3.8, 4) is 11.5 Å². The van der Waals surface area contributed by atoms with E-state index in [1.165, 1.54) is 19.3 Å². The van der Waals surface area contributed by atoms with Crippen LogP contribution in [0.5, 0.6) is 11.5 Å². The SMILES string of the molecule is CC(C)P(C)(=O)Oc1ccc(C(C)(C)c2ccc(O)cc2)cc1.CCC.CCCC. The molecule has 0 amide bonds. The minimum atomic E-state index is -2.63. The first-order valence-electron chi connectivity index (χ1n) is 11.1. The molecule has 0 aliphatic rings. The van der Waals surface area contributed by atoms with Gasteiger partial charge in [0, 0.05) is 17.7 Å². The third-order valence-electron chi connectivity index (χ3n) is 4.89. The lowest BCUT2D eigenvalue weighted by atomic mass is 9.78. The van der Waals surface area contributed by atoms with Crippen molar-refractivity contribution in [2.24, 2.45) is 0 Å². The van der Waals surface area contributed by atoms with Crippen molar-refractivity contribution in [1.82, 2.24) is 0 Å². The third-order valence-corrected chi connectivity index (χ3v) is 7.34. The molecule has 0 aliphatic heterocycles. The van der Waals surface area contributed by atoms with E-state index in [4.69, 9.17) is 4.52 Å². The molecule has 2 aromatic rings. The van der Waals surface area contributed by atoms with Crippen LogP contribution in [0.15, 0.2) is 48.5 Å². The molecule has 0 heterocycles. The standard InChI is InChI=1S/C19H25O3P.C4H10.C3H8/c1-14(2)23(5,21)22-18-12-8-16(9-13-18)19(3,4)15-6-10-17(20)11-7-15;1-3-4-2;1-3-2/h6-14,20H,1-5H3;3-4H2,1-2H3;3H2,1-2H3. The first-order chi connectivity index (χ1) is 14.0. The predicted molar refractivity (Wildman–Crippen MR) is 133 cm³/mol. The van der Waals surface area contributed by atoms with Gasteiger partial charge in [0.2, 0.25) is 7.37 Å². The molecule has 0 saturated heterocycles. The molecule has 1 atom stereocenters. The Balaban J connectivity index is 0.00000105. The lowest BCUT2D eigenvalue weighted by Crippen LogP contribution is -2.18. The zero-order valence-corrected chi connectivity index (χ0v) is 21.4. The summed E-state index contributed by atoms with van der Waals surface area (Å²) in [6.45, 7) is 18.4. The number of unbranched alkanes of at least 4 members (excludes halogenated alkanes) is 1. The molecule has 2 rings (SSSR count). The molecule has 0 spiro atoms. The summed E-state index contributed by atoms with van der Waals surface area (Å²) in [7, 11) is -2.63. The molecule has 0 bridgehead atoms. The van der Waals surface area contributed by atoms with Crippen molar-refractivity contribution in [2.75, 3.05) is 6.66 Å². The maximum atomic E-state index is 12.4. The second kappa shape index (κ2) is 13.5. The molecule has 2 aromatic carbocycles. The summed E-state index contributed by atoms with van der Waals surface area (Å²) in [6, 6.07) is 15.0. The topological polar surface area (TPSA) is 46.5 Å². The average molecular weight is 435 g/mol. The lowest BCUT2D eigenvalue weighted by Gasteiger charge is -2.26. The number of aromatic hydroxyl groups is 1. The second-order valence-corrected chi connectivity index (χ2v) is 11.5. The van der Waals surface area contributed by atoms with E-state index in [9.17, 15) is 9.67 Å². The van der Waals surface area contributed by atoms with E-state index in [1.807, 2.05) is 50.2 Å². The van der Waals surface area contributed by atoms with Gasteiger partial charge in [0.1, 0.15) is 11.5 Å². The Morgan fingerprint density at radius 3 is 1.57 bits per heavy atom. The molecular formula is C26H43O3P. The fourth-order valence-corrected chi connectivity index (χ4v) is 3.04. The first kappa shape index (κ1) is 28.3. The van der Waals surface area contributed by atoms with Crippen LogP contribution < -0.4 is 4.52 Å². The quantitative estimate of drug-likeness (QED) is 0.463. The van der Waals surface area contributed by atoms with Gasteiger partial charge in [0.25, 0.3) is 0 Å². The van der Waals surface area contributed by atoms with Gasteiger partial charge in [-0.1, -0.05) is 98.9 Å². The zero-order chi connectivity index (χ0) is 23.4. The molecule has 0 aromatic heterocycles. The summed E-state index contributed by atoms with van der Waals surface area (Å²) in [5.74, 6) is 0.899. The van der Waals surface area contributed by atoms with Crippen LogP contribution in [0.4, 0.5) is 0 Å². The molecule has 30 heavy (non-hydrogen) atoms. The molecule has 0 fully saturated rings. The van der Waals surface area contributed by atoms with Crippen LogP contribution in [-0.4, -0.2) is 17.4 Å². The highest BCUT2D eigenvalue weighted by Crippen LogP contribution is 2.48. The molecule has 1 N–H and O–H groups in total. The van der Waals surface area contributed by atoms with Crippen molar-refractivity contribution in [3.63, 3.8) is 0 Å². The molecular weight excluding hydrogens is 391 g/mol. The van der Waals surface area contributed by atoms with Crippen molar-refractivity contribution in [3.05, 3.63) is 59.7 Å². The van der Waals surface area contributed by atoms with E-state index in [0.29, 0.717) is 5.75 Å². The summed E-state index contributed by atoms with van der Waals surface area (Å²) in [5, 5.41) is 9.44. The zero-order valence-electron chi connectivity index (χ0n) is 20.5. The average Bonchev–Trinajstić information content (AvgIpc) is 2.69. The van der Waals surface area contributed by atoms with Gasteiger partial charge in [-0.25, -0.2) is 0 Å². The van der Waals surface area contributed by atoms with Gasteiger partial charge in [-0.15, -0.1) is 0 Å². The molecule has 170 valence electrons. The van der Waals surface area contributed by atoms with E-state index in [0.717, 1.165) is 11.1 Å². The normalized spacial score (nSPS) is 12.7. The Morgan fingerprint density at radius 2 is 1.23 bits per heavy atom. The van der Waals surface area contributed by atoms with Crippen LogP contribution in [0.2, 0.25) is 0 Å². The summed E-state index contributed by atoms with van der Waals surface area (Å²) >= 11 is 0. The second-order valence-electron chi connectivity index (χ2n) is 8.50. The third kappa shape index (κ3) is 9.39. The highest BCUT2D eigenvalue weighted by molar-refractivity contribution is 7.59. The number of benzene rings is 2. The molecule has 3 nitrogen and oxygen atoms in total. The Bertz CT molecular complexity index is 745. The summed E-state index contributed by atoms with van der Waals surface area (Å²) in [5.41, 5.74) is 2.05. The molecule has 4 heteroatoms. The summed E-state index contributed by atoms with van der Waals surface area (Å²) in [6.07, 6.45) is 3.89. The first-order valence-corrected chi connectivity index (χ1v) is 13.3. The monoisotopic (exact) mass is 434 g/mol. The molecule has 1 unspecified atom stereocenters. The van der Waals surface area contributed by atoms with Gasteiger partial charge in [-0.3, -0.25) is 4.57 Å². The minimum absolute atomic E-state index is 0.00406. The number of phenolic OH excluding ortho intramolecular Hbond substituents is 1. The molecule has 0 saturated carbocycles. The number of hydrogen-bond acceptors (Lipinski definition) is 3. The predicted octanol–water partition coefficient (Wildman–Crippen LogP) is 8.64. The Kier molecular flexibility index (Phi) is 12.8. The van der Waals surface area contributed by atoms with Crippen molar-refractivity contribution in [1.29, 1.82) is 0 Å². The van der Waals surface area contributed by atoms with E-state index in [2.05, 4.69) is 41.5 Å². The largest absolute Gasteiger partial charge is 0.508 e. The van der Waals surface area contributed by atoms with E-state index in [-0.39, 0.29) is 16.8 Å². The van der Waals surface area contributed by atoms with Crippen LogP contribution in [-0.2, 0) is 9.98 Å². The highest BCUT2D eigenvalue weighted by Gasteiger charge is 2.25. The Labute approximate surface area is 185 Å². The van der Waals surface area contributed by atoms with E-state index in [1.54, 1.807) is 18.8 Å². The van der Waals surface area contributed by atoms with Gasteiger partial charge in [-0.2, -0.15) is 0 Å². The minimum Gasteiger partial charge on any atom is -0.508 e. The number of hydrogen-bond donors (Lipinski definition) is 1. The lowest BCUT2D eigenvalue weighted by molar-refractivity contribution is 0.474. The van der Waals surface area contributed by atoms with Gasteiger partial charge in [0.15, 0.2) is 0 Å². The summed E-state index contributed by atoms with van der Waals surface area (Å²) < 4.78 is 18.0. The summed E-state index contributed by atoms with van der Waals surface area (Å²) in [4.78, 5) is 0. The van der Waals surface area contributed by atoms with Gasteiger partial charge < -0.3 is 9.63 Å². The van der Waals surface area contributed by atoms with Crippen LogP contribution in [0.25, 0.3) is 0 Å². The van der Waals surface area contributed by atoms with Crippen molar-refractivity contribution >= 4 is 7.37 Å². The van der Waals surface area contributed by atoms with Crippen LogP contribution in [0.1, 0.15) is 85.8 Å². The van der Waals surface area contributed by atoms with Gasteiger partial charge in [0.05, 0.1) is 0 Å². The number of rotatable bonds is 6. The van der Waals surface area contributed by atoms with Crippen molar-refractivity contribution < 1.29 is 14.2 Å². The van der Waals surface area contributed by atoms with Crippen LogP contribution in [0.3, 0.4) is 0 Å². The maximum absolute atomic E-state index is 12.4. The van der Waals surface area contributed by atoms with Gasteiger partial charge in [-0.05, 0) is 35.4 Å². The fraction of sp³-hybridized carbons (Fsp3) is 0.538. The molecule has 0 radical (unpaired) electrons. The van der Waals surface area contributed by atoms with E-state index < -0.39 is 7.37 Å². The smallest absolute Gasteiger partial charge is 0.247 e. The Hall–Kier alpha value is -1.73. The molecule has 0 aliphatic carbocycles. The fourth-order valence-electron chi connectivity index (χ4n) is 2.29. The van der Waals surface area contributed by atoms with E-state index >= 15 is 0 Å². The van der Waals surface area contributed by atoms with Crippen LogP contribution >= 0.6 is 7.37 Å². The maximum Gasteiger partial charge on any atom is 0.247 e. The van der Waals surface area contributed by atoms with Crippen LogP contribution in [0, 0.1) is 0 Å². The van der Waals surface area contributed by atoms with Crippen molar-refractivity contribution in [2.45, 2.75) is 85.7 Å². The Morgan fingerprint density at radius 1 is 0.867 bits per heavy atom. The van der Waals surface area contributed by atoms with Gasteiger partial charge >= 0.3 is 0 Å². The highest BCUT2D eigenvalue weighted by atomic mass is 31.2.